The topological polar surface area (TPSA) is 9.23 Å². The van der Waals surface area contributed by atoms with Crippen molar-refractivity contribution in [1.82, 2.24) is 0 Å². The van der Waals surface area contributed by atoms with Gasteiger partial charge in [0.2, 0.25) is 0 Å². The summed E-state index contributed by atoms with van der Waals surface area (Å²) in [5.41, 5.74) is 0. The summed E-state index contributed by atoms with van der Waals surface area (Å²) in [5, 5.41) is 1.46. The average Bonchev–Trinajstić information content (AvgIpc) is 2.04. The Kier molecular flexibility index (Phi) is 6.79. The third-order valence-electron chi connectivity index (χ3n) is 1.52. The van der Waals surface area contributed by atoms with Gasteiger partial charge in [-0.1, -0.05) is 35.5 Å². The first-order valence-corrected chi connectivity index (χ1v) is 9.52. The van der Waals surface area contributed by atoms with E-state index in [1.54, 1.807) is 0 Å². The van der Waals surface area contributed by atoms with Gasteiger partial charge in [-0.05, 0) is 26.6 Å². The van der Waals surface area contributed by atoms with Crippen LogP contribution in [0.3, 0.4) is 0 Å². The lowest BCUT2D eigenvalue weighted by Crippen LogP contribution is -2.24. The molecule has 1 aromatic carbocycles. The standard InChI is InChI=1S/C6H8Si.C5H14OSi/c7-6-4-2-1-3-5-6;1-5-6-7(2,3)4/h1-5H,7H3;5H2,1-4H3. The first kappa shape index (κ1) is 13.6. The second-order valence-corrected chi connectivity index (χ2v) is 9.87. The minimum absolute atomic E-state index is 0.871. The van der Waals surface area contributed by atoms with Crippen LogP contribution in [0, 0.1) is 0 Å². The molecule has 0 aliphatic carbocycles. The van der Waals surface area contributed by atoms with Gasteiger partial charge < -0.3 is 4.43 Å². The van der Waals surface area contributed by atoms with Crippen LogP contribution < -0.4 is 5.19 Å². The van der Waals surface area contributed by atoms with Crippen LogP contribution in [0.1, 0.15) is 6.92 Å². The maximum absolute atomic E-state index is 5.37. The van der Waals surface area contributed by atoms with Crippen molar-refractivity contribution in [3.63, 3.8) is 0 Å². The first-order valence-electron chi connectivity index (χ1n) is 5.11. The summed E-state index contributed by atoms with van der Waals surface area (Å²) in [6.07, 6.45) is 0. The summed E-state index contributed by atoms with van der Waals surface area (Å²) in [6, 6.07) is 10.5. The lowest BCUT2D eigenvalue weighted by molar-refractivity contribution is 0.334. The largest absolute Gasteiger partial charge is 0.418 e. The molecule has 0 saturated carbocycles. The van der Waals surface area contributed by atoms with E-state index < -0.39 is 8.32 Å². The van der Waals surface area contributed by atoms with Crippen molar-refractivity contribution in [2.75, 3.05) is 6.61 Å². The molecule has 0 saturated heterocycles. The van der Waals surface area contributed by atoms with Gasteiger partial charge in [0.25, 0.3) is 0 Å². The molecule has 14 heavy (non-hydrogen) atoms. The summed E-state index contributed by atoms with van der Waals surface area (Å²) in [4.78, 5) is 0. The van der Waals surface area contributed by atoms with E-state index in [0.717, 1.165) is 6.61 Å². The SMILES string of the molecule is CCO[Si](C)(C)C.[SiH3]c1ccccc1. The summed E-state index contributed by atoms with van der Waals surface area (Å²) in [7, 11) is 0.0166. The molecule has 0 aliphatic heterocycles. The maximum Gasteiger partial charge on any atom is 0.183 e. The highest BCUT2D eigenvalue weighted by Gasteiger charge is 2.11. The van der Waals surface area contributed by atoms with E-state index >= 15 is 0 Å². The van der Waals surface area contributed by atoms with E-state index in [2.05, 4.69) is 43.9 Å². The van der Waals surface area contributed by atoms with Crippen LogP contribution in [0.4, 0.5) is 0 Å². The zero-order valence-corrected chi connectivity index (χ0v) is 13.0. The number of benzene rings is 1. The summed E-state index contributed by atoms with van der Waals surface area (Å²) < 4.78 is 5.37. The predicted octanol–water partition coefficient (Wildman–Crippen LogP) is 1.54. The van der Waals surface area contributed by atoms with E-state index in [1.165, 1.54) is 15.4 Å². The molecule has 0 heterocycles. The van der Waals surface area contributed by atoms with Gasteiger partial charge in [0.05, 0.1) is 0 Å². The average molecular weight is 226 g/mol. The quantitative estimate of drug-likeness (QED) is 0.695. The number of rotatable bonds is 2. The molecular formula is C11H22OSi2. The van der Waals surface area contributed by atoms with Crippen LogP contribution in [0.2, 0.25) is 19.6 Å². The van der Waals surface area contributed by atoms with Crippen molar-refractivity contribution < 1.29 is 4.43 Å². The van der Waals surface area contributed by atoms with E-state index in [9.17, 15) is 0 Å². The predicted molar refractivity (Wildman–Crippen MR) is 71.0 cm³/mol. The minimum atomic E-state index is -1.16. The van der Waals surface area contributed by atoms with Crippen molar-refractivity contribution >= 4 is 23.7 Å². The van der Waals surface area contributed by atoms with E-state index in [0.29, 0.717) is 0 Å². The molecule has 0 N–H and O–H groups in total. The van der Waals surface area contributed by atoms with E-state index in [4.69, 9.17) is 4.43 Å². The van der Waals surface area contributed by atoms with Crippen LogP contribution in [0.15, 0.2) is 30.3 Å². The normalized spacial score (nSPS) is 10.6. The molecule has 0 aromatic heterocycles. The maximum atomic E-state index is 5.37. The third kappa shape index (κ3) is 9.70. The van der Waals surface area contributed by atoms with Crippen LogP contribution in [0.25, 0.3) is 0 Å². The Morgan fingerprint density at radius 1 is 1.14 bits per heavy atom. The highest BCUT2D eigenvalue weighted by atomic mass is 28.4. The van der Waals surface area contributed by atoms with Gasteiger partial charge in [0.1, 0.15) is 0 Å². The van der Waals surface area contributed by atoms with Crippen molar-refractivity contribution in [2.45, 2.75) is 26.6 Å². The molecule has 3 heteroatoms. The lowest BCUT2D eigenvalue weighted by atomic mass is 10.4. The van der Waals surface area contributed by atoms with Crippen LogP contribution in [0.5, 0.6) is 0 Å². The Balaban J connectivity index is 0.000000241. The highest BCUT2D eigenvalue weighted by Crippen LogP contribution is 2.00. The molecule has 0 unspecified atom stereocenters. The van der Waals surface area contributed by atoms with Gasteiger partial charge in [-0.15, -0.1) is 0 Å². The Morgan fingerprint density at radius 3 is 1.79 bits per heavy atom. The molecular weight excluding hydrogens is 204 g/mol. The van der Waals surface area contributed by atoms with Crippen LogP contribution in [-0.2, 0) is 4.43 Å². The fourth-order valence-corrected chi connectivity index (χ4v) is 2.22. The summed E-state index contributed by atoms with van der Waals surface area (Å²) in [5.74, 6) is 0. The summed E-state index contributed by atoms with van der Waals surface area (Å²) >= 11 is 0. The van der Waals surface area contributed by atoms with E-state index in [1.807, 2.05) is 13.0 Å². The molecule has 0 aliphatic rings. The molecule has 0 spiro atoms. The van der Waals surface area contributed by atoms with Crippen molar-refractivity contribution in [3.8, 4) is 0 Å². The second-order valence-electron chi connectivity index (χ2n) is 4.20. The molecule has 1 nitrogen and oxygen atoms in total. The van der Waals surface area contributed by atoms with Crippen molar-refractivity contribution in [3.05, 3.63) is 30.3 Å². The number of hydrogen-bond donors (Lipinski definition) is 0. The van der Waals surface area contributed by atoms with Crippen LogP contribution in [-0.4, -0.2) is 25.2 Å². The molecule has 0 fully saturated rings. The lowest BCUT2D eigenvalue weighted by Gasteiger charge is -2.14. The molecule has 0 amide bonds. The van der Waals surface area contributed by atoms with Crippen molar-refractivity contribution in [1.29, 1.82) is 0 Å². The Hall–Kier alpha value is -0.386. The highest BCUT2D eigenvalue weighted by molar-refractivity contribution is 6.69. The zero-order valence-electron chi connectivity index (χ0n) is 10.0. The van der Waals surface area contributed by atoms with Gasteiger partial charge in [-0.2, -0.15) is 0 Å². The molecule has 0 atom stereocenters. The van der Waals surface area contributed by atoms with Gasteiger partial charge in [-0.3, -0.25) is 0 Å². The minimum Gasteiger partial charge on any atom is -0.418 e. The van der Waals surface area contributed by atoms with E-state index in [-0.39, 0.29) is 0 Å². The first-order chi connectivity index (χ1) is 6.45. The monoisotopic (exact) mass is 226 g/mol. The van der Waals surface area contributed by atoms with Gasteiger partial charge in [-0.25, -0.2) is 0 Å². The number of hydrogen-bond acceptors (Lipinski definition) is 1. The molecule has 80 valence electrons. The Bertz CT molecular complexity index is 229. The fraction of sp³-hybridized carbons (Fsp3) is 0.455. The third-order valence-corrected chi connectivity index (χ3v) is 3.34. The molecule has 1 aromatic rings. The summed E-state index contributed by atoms with van der Waals surface area (Å²) in [6.45, 7) is 9.48. The van der Waals surface area contributed by atoms with Gasteiger partial charge in [0, 0.05) is 16.8 Å². The van der Waals surface area contributed by atoms with Crippen LogP contribution >= 0.6 is 0 Å². The smallest absolute Gasteiger partial charge is 0.183 e. The Morgan fingerprint density at radius 2 is 1.64 bits per heavy atom. The fourth-order valence-electron chi connectivity index (χ4n) is 0.967. The molecule has 0 bridgehead atoms. The van der Waals surface area contributed by atoms with Gasteiger partial charge in [0.15, 0.2) is 8.32 Å². The molecule has 1 rings (SSSR count). The van der Waals surface area contributed by atoms with Gasteiger partial charge >= 0.3 is 0 Å². The molecule has 0 radical (unpaired) electrons. The zero-order chi connectivity index (χ0) is 11.0. The second kappa shape index (κ2) is 6.98. The Labute approximate surface area is 92.1 Å². The van der Waals surface area contributed by atoms with Crippen molar-refractivity contribution in [2.24, 2.45) is 0 Å².